The van der Waals surface area contributed by atoms with E-state index in [-0.39, 0.29) is 18.5 Å². The first-order valence-corrected chi connectivity index (χ1v) is 10.4. The summed E-state index contributed by atoms with van der Waals surface area (Å²) in [6.07, 6.45) is 4.50. The molecule has 1 fully saturated rings. The van der Waals surface area contributed by atoms with Crippen molar-refractivity contribution >= 4 is 27.8 Å². The van der Waals surface area contributed by atoms with Crippen LogP contribution < -0.4 is 0 Å². The Morgan fingerprint density at radius 3 is 2.80 bits per heavy atom. The number of carbonyl (C=O) groups is 1. The average molecular weight is 404 g/mol. The van der Waals surface area contributed by atoms with Crippen LogP contribution in [0, 0.1) is 0 Å². The third-order valence-electron chi connectivity index (χ3n) is 5.82. The zero-order valence-electron chi connectivity index (χ0n) is 16.9. The van der Waals surface area contributed by atoms with Crippen LogP contribution in [0.25, 0.3) is 21.9 Å². The summed E-state index contributed by atoms with van der Waals surface area (Å²) in [5.41, 5.74) is 3.65. The van der Waals surface area contributed by atoms with Crippen LogP contribution >= 0.6 is 0 Å². The van der Waals surface area contributed by atoms with Crippen LogP contribution in [-0.4, -0.2) is 28.4 Å². The van der Waals surface area contributed by atoms with Gasteiger partial charge in [0.1, 0.15) is 5.69 Å². The van der Waals surface area contributed by atoms with E-state index in [4.69, 9.17) is 14.0 Å². The van der Waals surface area contributed by atoms with Gasteiger partial charge in [0, 0.05) is 23.1 Å². The maximum absolute atomic E-state index is 11.9. The number of rotatable bonds is 7. The number of hydrogen-bond donors (Lipinski definition) is 0. The fraction of sp³-hybridized carbons (Fsp3) is 0.333. The second kappa shape index (κ2) is 7.95. The summed E-state index contributed by atoms with van der Waals surface area (Å²) in [5.74, 6) is -0.290. The lowest BCUT2D eigenvalue weighted by Gasteiger charge is -2.36. The number of hydrogen-bond acceptors (Lipinski definition) is 5. The highest BCUT2D eigenvalue weighted by Crippen LogP contribution is 2.39. The molecule has 1 aliphatic carbocycles. The molecule has 0 saturated heterocycles. The van der Waals surface area contributed by atoms with Crippen molar-refractivity contribution in [3.63, 3.8) is 0 Å². The van der Waals surface area contributed by atoms with E-state index in [1.807, 2.05) is 24.3 Å². The summed E-state index contributed by atoms with van der Waals surface area (Å²) < 4.78 is 18.9. The van der Waals surface area contributed by atoms with Gasteiger partial charge in [0.2, 0.25) is 0 Å². The quantitative estimate of drug-likeness (QED) is 0.414. The van der Waals surface area contributed by atoms with Gasteiger partial charge in [-0.25, -0.2) is 0 Å². The average Bonchev–Trinajstić information content (AvgIpc) is 3.32. The highest BCUT2D eigenvalue weighted by Gasteiger charge is 2.32. The minimum absolute atomic E-state index is 0.115. The van der Waals surface area contributed by atoms with Crippen molar-refractivity contribution in [3.8, 4) is 0 Å². The van der Waals surface area contributed by atoms with Gasteiger partial charge in [-0.1, -0.05) is 35.5 Å². The monoisotopic (exact) mass is 404 g/mol. The first kappa shape index (κ1) is 18.9. The highest BCUT2D eigenvalue weighted by molar-refractivity contribution is 6.06. The molecule has 4 aromatic rings. The van der Waals surface area contributed by atoms with Crippen LogP contribution in [0.3, 0.4) is 0 Å². The summed E-state index contributed by atoms with van der Waals surface area (Å²) in [6, 6.07) is 16.8. The third kappa shape index (κ3) is 3.48. The van der Waals surface area contributed by atoms with Crippen molar-refractivity contribution in [2.75, 3.05) is 6.61 Å². The first-order chi connectivity index (χ1) is 14.7. The molecule has 6 heteroatoms. The molecule has 0 N–H and O–H groups in total. The molecule has 2 aromatic carbocycles. The van der Waals surface area contributed by atoms with Crippen LogP contribution in [0.2, 0.25) is 0 Å². The van der Waals surface area contributed by atoms with Gasteiger partial charge < -0.3 is 18.6 Å². The van der Waals surface area contributed by atoms with E-state index in [2.05, 4.69) is 40.2 Å². The Kier molecular flexibility index (Phi) is 5.01. The molecule has 6 nitrogen and oxygen atoms in total. The Morgan fingerprint density at radius 1 is 1.17 bits per heavy atom. The van der Waals surface area contributed by atoms with Gasteiger partial charge in [-0.15, -0.1) is 0 Å². The number of esters is 1. The van der Waals surface area contributed by atoms with Crippen molar-refractivity contribution in [2.24, 2.45) is 0 Å². The van der Waals surface area contributed by atoms with Crippen LogP contribution in [0.15, 0.2) is 59.3 Å². The molecule has 2 aromatic heterocycles. The minimum atomic E-state index is -0.290. The maximum Gasteiger partial charge on any atom is 0.312 e. The summed E-state index contributed by atoms with van der Waals surface area (Å²) in [5, 5.41) is 6.07. The Balaban J connectivity index is 1.32. The Bertz CT molecular complexity index is 1170. The lowest BCUT2D eigenvalue weighted by Crippen LogP contribution is -2.32. The van der Waals surface area contributed by atoms with E-state index >= 15 is 0 Å². The molecule has 0 radical (unpaired) electrons. The van der Waals surface area contributed by atoms with E-state index in [0.717, 1.165) is 29.1 Å². The van der Waals surface area contributed by atoms with Crippen LogP contribution in [-0.2, 0) is 27.3 Å². The smallest absolute Gasteiger partial charge is 0.312 e. The Labute approximate surface area is 174 Å². The first-order valence-electron chi connectivity index (χ1n) is 10.4. The van der Waals surface area contributed by atoms with Gasteiger partial charge in [0.15, 0.2) is 5.58 Å². The van der Waals surface area contributed by atoms with E-state index in [9.17, 15) is 4.79 Å². The van der Waals surface area contributed by atoms with Crippen LogP contribution in [0.4, 0.5) is 0 Å². The molecule has 5 rings (SSSR count). The predicted octanol–water partition coefficient (Wildman–Crippen LogP) is 4.81. The van der Waals surface area contributed by atoms with Gasteiger partial charge in [-0.2, -0.15) is 0 Å². The van der Waals surface area contributed by atoms with Crippen molar-refractivity contribution in [1.82, 2.24) is 9.72 Å². The summed E-state index contributed by atoms with van der Waals surface area (Å²) in [4.78, 5) is 11.9. The molecule has 0 bridgehead atoms. The molecule has 1 aliphatic rings. The van der Waals surface area contributed by atoms with Gasteiger partial charge in [0.25, 0.3) is 0 Å². The van der Waals surface area contributed by atoms with Crippen molar-refractivity contribution in [1.29, 1.82) is 0 Å². The Hall–Kier alpha value is -3.12. The lowest BCUT2D eigenvalue weighted by molar-refractivity contribution is -0.142. The minimum Gasteiger partial charge on any atom is -0.466 e. The number of carbonyl (C=O) groups excluding carboxylic acids is 1. The van der Waals surface area contributed by atoms with Crippen LogP contribution in [0.5, 0.6) is 0 Å². The number of nitrogens with zero attached hydrogens (tertiary/aromatic N) is 2. The molecule has 154 valence electrons. The largest absolute Gasteiger partial charge is 0.466 e. The molecular weight excluding hydrogens is 380 g/mol. The number of benzene rings is 2. The van der Waals surface area contributed by atoms with E-state index in [1.165, 1.54) is 5.56 Å². The summed E-state index contributed by atoms with van der Waals surface area (Å²) in [6.45, 7) is 2.81. The number of fused-ring (bicyclic) bond motifs is 3. The SMILES string of the molecule is CCOC(=O)Cc1noc2ccc3c(ccn3C3CC(OCc4ccccc4)C3)c12. The van der Waals surface area contributed by atoms with E-state index in [0.29, 0.717) is 30.5 Å². The molecule has 1 saturated carbocycles. The van der Waals surface area contributed by atoms with Gasteiger partial charge in [0.05, 0.1) is 31.1 Å². The van der Waals surface area contributed by atoms with Crippen molar-refractivity contribution < 1.29 is 18.8 Å². The topological polar surface area (TPSA) is 66.5 Å². The molecule has 0 amide bonds. The van der Waals surface area contributed by atoms with Gasteiger partial charge >= 0.3 is 5.97 Å². The standard InChI is InChI=1S/C24H24N2O4/c1-2-28-23(27)14-20-24-19-10-11-26(21(19)8-9-22(24)30-25-20)17-12-18(13-17)29-15-16-6-4-3-5-7-16/h3-11,17-18H,2,12-15H2,1H3. The van der Waals surface area contributed by atoms with E-state index < -0.39 is 0 Å². The van der Waals surface area contributed by atoms with Crippen molar-refractivity contribution in [3.05, 3.63) is 66.0 Å². The predicted molar refractivity (Wildman–Crippen MR) is 113 cm³/mol. The number of ether oxygens (including phenoxy) is 2. The fourth-order valence-electron chi connectivity index (χ4n) is 4.22. The molecule has 0 aliphatic heterocycles. The maximum atomic E-state index is 11.9. The van der Waals surface area contributed by atoms with E-state index in [1.54, 1.807) is 6.92 Å². The normalized spacial score (nSPS) is 18.6. The molecular formula is C24H24N2O4. The zero-order chi connectivity index (χ0) is 20.5. The number of aromatic nitrogens is 2. The second-order valence-electron chi connectivity index (χ2n) is 7.75. The van der Waals surface area contributed by atoms with Crippen LogP contribution in [0.1, 0.15) is 37.1 Å². The highest BCUT2D eigenvalue weighted by atomic mass is 16.5. The molecule has 0 atom stereocenters. The Morgan fingerprint density at radius 2 is 2.00 bits per heavy atom. The second-order valence-corrected chi connectivity index (χ2v) is 7.75. The zero-order valence-corrected chi connectivity index (χ0v) is 16.9. The molecule has 30 heavy (non-hydrogen) atoms. The third-order valence-corrected chi connectivity index (χ3v) is 5.82. The fourth-order valence-corrected chi connectivity index (χ4v) is 4.22. The summed E-state index contributed by atoms with van der Waals surface area (Å²) in [7, 11) is 0. The van der Waals surface area contributed by atoms with Gasteiger partial charge in [-0.3, -0.25) is 4.79 Å². The molecule has 2 heterocycles. The van der Waals surface area contributed by atoms with Crippen molar-refractivity contribution in [2.45, 2.75) is 44.9 Å². The summed E-state index contributed by atoms with van der Waals surface area (Å²) >= 11 is 0. The molecule has 0 spiro atoms. The van der Waals surface area contributed by atoms with Gasteiger partial charge in [-0.05, 0) is 43.5 Å². The lowest BCUT2D eigenvalue weighted by atomic mass is 9.89. The molecule has 0 unspecified atom stereocenters.